The molecule has 2 aliphatic rings. The topological polar surface area (TPSA) is 35.6 Å². The van der Waals surface area contributed by atoms with E-state index in [1.54, 1.807) is 0 Å². The minimum atomic E-state index is 0. The van der Waals surface area contributed by atoms with Gasteiger partial charge < -0.3 is 10.2 Å². The maximum absolute atomic E-state index is 12.2. The van der Waals surface area contributed by atoms with Gasteiger partial charge in [0, 0.05) is 19.0 Å². The van der Waals surface area contributed by atoms with E-state index < -0.39 is 0 Å². The molecule has 0 aromatic heterocycles. The zero-order chi connectivity index (χ0) is 14.9. The molecule has 0 radical (unpaired) electrons. The van der Waals surface area contributed by atoms with Gasteiger partial charge in [-0.05, 0) is 51.9 Å². The summed E-state index contributed by atoms with van der Waals surface area (Å²) in [5, 5.41) is 3.13. The first-order valence-electron chi connectivity index (χ1n) is 8.45. The van der Waals surface area contributed by atoms with Crippen LogP contribution in [0.2, 0.25) is 0 Å². The van der Waals surface area contributed by atoms with Crippen LogP contribution in [0.25, 0.3) is 0 Å². The van der Waals surface area contributed by atoms with Crippen LogP contribution in [0.3, 0.4) is 0 Å². The molecule has 126 valence electrons. The van der Waals surface area contributed by atoms with E-state index in [9.17, 15) is 4.79 Å². The normalized spacial score (nSPS) is 21.4. The van der Waals surface area contributed by atoms with Crippen molar-refractivity contribution >= 4 is 18.3 Å². The summed E-state index contributed by atoms with van der Waals surface area (Å²) in [6, 6.07) is 0. The van der Waals surface area contributed by atoms with Crippen LogP contribution in [0, 0.1) is 18.3 Å². The van der Waals surface area contributed by atoms with Crippen LogP contribution in [0.1, 0.15) is 38.5 Å². The zero-order valence-corrected chi connectivity index (χ0v) is 14.4. The third-order valence-corrected chi connectivity index (χ3v) is 4.70. The molecule has 22 heavy (non-hydrogen) atoms. The van der Waals surface area contributed by atoms with E-state index in [4.69, 9.17) is 6.42 Å². The molecule has 0 atom stereocenters. The third-order valence-electron chi connectivity index (χ3n) is 4.70. The average molecular weight is 328 g/mol. The van der Waals surface area contributed by atoms with Crippen LogP contribution >= 0.6 is 12.4 Å². The van der Waals surface area contributed by atoms with Gasteiger partial charge in [0.1, 0.15) is 0 Å². The highest BCUT2D eigenvalue weighted by molar-refractivity contribution is 5.85. The van der Waals surface area contributed by atoms with Crippen molar-refractivity contribution in [2.75, 3.05) is 45.8 Å². The van der Waals surface area contributed by atoms with E-state index in [1.165, 1.54) is 38.8 Å². The predicted octanol–water partition coefficient (Wildman–Crippen LogP) is 1.75. The quantitative estimate of drug-likeness (QED) is 0.781. The molecule has 2 aliphatic heterocycles. The highest BCUT2D eigenvalue weighted by atomic mass is 35.5. The second-order valence-corrected chi connectivity index (χ2v) is 6.30. The van der Waals surface area contributed by atoms with Crippen LogP contribution in [0.4, 0.5) is 0 Å². The van der Waals surface area contributed by atoms with Gasteiger partial charge in [-0.15, -0.1) is 18.8 Å². The minimum absolute atomic E-state index is 0. The van der Waals surface area contributed by atoms with Crippen molar-refractivity contribution in [3.05, 3.63) is 0 Å². The predicted molar refractivity (Wildman–Crippen MR) is 93.2 cm³/mol. The standard InChI is InChI=1S/C17H29N3O.ClH/c1-2-10-19-13-7-16(8-14-19)17(21)18-9-15-20-11-5-3-4-6-12-20;/h1,16H,3-15H2,(H,18,21);1H. The number of hydrogen-bond donors (Lipinski definition) is 1. The number of terminal acetylenes is 1. The Morgan fingerprint density at radius 3 is 2.27 bits per heavy atom. The van der Waals surface area contributed by atoms with E-state index in [1.807, 2.05) is 0 Å². The number of halogens is 1. The largest absolute Gasteiger partial charge is 0.355 e. The molecular formula is C17H30ClN3O. The molecule has 0 saturated carbocycles. The number of carbonyl (C=O) groups excluding carboxylic acids is 1. The Hall–Kier alpha value is -0.760. The lowest BCUT2D eigenvalue weighted by atomic mass is 9.96. The van der Waals surface area contributed by atoms with E-state index in [0.717, 1.165) is 39.0 Å². The Balaban J connectivity index is 0.00000242. The average Bonchev–Trinajstić information content (AvgIpc) is 2.77. The van der Waals surface area contributed by atoms with Crippen LogP contribution in [-0.4, -0.2) is 61.5 Å². The van der Waals surface area contributed by atoms with Gasteiger partial charge in [0.2, 0.25) is 5.91 Å². The number of piperidine rings is 1. The Morgan fingerprint density at radius 2 is 1.68 bits per heavy atom. The molecule has 5 heteroatoms. The van der Waals surface area contributed by atoms with Gasteiger partial charge in [-0.2, -0.15) is 0 Å². The summed E-state index contributed by atoms with van der Waals surface area (Å²) in [6.45, 7) is 6.80. The molecule has 2 saturated heterocycles. The highest BCUT2D eigenvalue weighted by Gasteiger charge is 2.24. The van der Waals surface area contributed by atoms with E-state index in [0.29, 0.717) is 6.54 Å². The lowest BCUT2D eigenvalue weighted by Crippen LogP contribution is -2.42. The van der Waals surface area contributed by atoms with E-state index in [-0.39, 0.29) is 24.2 Å². The van der Waals surface area contributed by atoms with Crippen molar-refractivity contribution in [3.63, 3.8) is 0 Å². The first-order chi connectivity index (χ1) is 10.3. The maximum Gasteiger partial charge on any atom is 0.223 e. The Morgan fingerprint density at radius 1 is 1.05 bits per heavy atom. The molecule has 2 heterocycles. The molecule has 2 fully saturated rings. The van der Waals surface area contributed by atoms with Gasteiger partial charge >= 0.3 is 0 Å². The third kappa shape index (κ3) is 6.56. The van der Waals surface area contributed by atoms with Crippen LogP contribution in [-0.2, 0) is 4.79 Å². The first kappa shape index (κ1) is 19.3. The summed E-state index contributed by atoms with van der Waals surface area (Å²) in [5.41, 5.74) is 0. The molecule has 0 aliphatic carbocycles. The number of carbonyl (C=O) groups is 1. The van der Waals surface area contributed by atoms with Gasteiger partial charge in [-0.1, -0.05) is 18.8 Å². The number of rotatable bonds is 5. The number of nitrogens with zero attached hydrogens (tertiary/aromatic N) is 2. The fourth-order valence-electron chi connectivity index (χ4n) is 3.32. The number of nitrogens with one attached hydrogen (secondary N) is 1. The summed E-state index contributed by atoms with van der Waals surface area (Å²) in [4.78, 5) is 16.9. The van der Waals surface area contributed by atoms with Crippen molar-refractivity contribution in [3.8, 4) is 12.3 Å². The van der Waals surface area contributed by atoms with Gasteiger partial charge in [0.05, 0.1) is 6.54 Å². The van der Waals surface area contributed by atoms with Crippen LogP contribution < -0.4 is 5.32 Å². The molecule has 1 N–H and O–H groups in total. The van der Waals surface area contributed by atoms with Crippen LogP contribution in [0.5, 0.6) is 0 Å². The van der Waals surface area contributed by atoms with E-state index >= 15 is 0 Å². The molecule has 0 bridgehead atoms. The summed E-state index contributed by atoms with van der Waals surface area (Å²) < 4.78 is 0. The van der Waals surface area contributed by atoms with Crippen molar-refractivity contribution < 1.29 is 4.79 Å². The Bertz CT molecular complexity index is 353. The monoisotopic (exact) mass is 327 g/mol. The molecule has 2 rings (SSSR count). The fraction of sp³-hybridized carbons (Fsp3) is 0.824. The summed E-state index contributed by atoms with van der Waals surface area (Å²) in [5.74, 6) is 3.10. The molecule has 4 nitrogen and oxygen atoms in total. The van der Waals surface area contributed by atoms with Crippen molar-refractivity contribution in [1.82, 2.24) is 15.1 Å². The van der Waals surface area contributed by atoms with Crippen molar-refractivity contribution in [2.45, 2.75) is 38.5 Å². The van der Waals surface area contributed by atoms with Gasteiger partial charge in [0.15, 0.2) is 0 Å². The zero-order valence-electron chi connectivity index (χ0n) is 13.6. The molecule has 0 aromatic rings. The molecule has 0 aromatic carbocycles. The van der Waals surface area contributed by atoms with Gasteiger partial charge in [-0.25, -0.2) is 0 Å². The van der Waals surface area contributed by atoms with Crippen molar-refractivity contribution in [2.24, 2.45) is 5.92 Å². The summed E-state index contributed by atoms with van der Waals surface area (Å²) in [7, 11) is 0. The summed E-state index contributed by atoms with van der Waals surface area (Å²) in [6.07, 6.45) is 12.5. The van der Waals surface area contributed by atoms with Gasteiger partial charge in [0.25, 0.3) is 0 Å². The molecule has 0 spiro atoms. The smallest absolute Gasteiger partial charge is 0.223 e. The first-order valence-corrected chi connectivity index (χ1v) is 8.45. The molecule has 1 amide bonds. The SMILES string of the molecule is C#CCN1CCC(C(=O)NCCN2CCCCCC2)CC1.Cl. The number of hydrogen-bond acceptors (Lipinski definition) is 3. The Kier molecular flexibility index (Phi) is 9.54. The lowest BCUT2D eigenvalue weighted by molar-refractivity contribution is -0.126. The second kappa shape index (κ2) is 10.9. The lowest BCUT2D eigenvalue weighted by Gasteiger charge is -2.30. The maximum atomic E-state index is 12.2. The van der Waals surface area contributed by atoms with Gasteiger partial charge in [-0.3, -0.25) is 9.69 Å². The van der Waals surface area contributed by atoms with E-state index in [2.05, 4.69) is 21.0 Å². The second-order valence-electron chi connectivity index (χ2n) is 6.30. The molecule has 0 unspecified atom stereocenters. The van der Waals surface area contributed by atoms with Crippen molar-refractivity contribution in [1.29, 1.82) is 0 Å². The number of likely N-dealkylation sites (tertiary alicyclic amines) is 2. The van der Waals surface area contributed by atoms with Crippen LogP contribution in [0.15, 0.2) is 0 Å². The minimum Gasteiger partial charge on any atom is -0.355 e. The number of amides is 1. The highest BCUT2D eigenvalue weighted by Crippen LogP contribution is 2.16. The molecular weight excluding hydrogens is 298 g/mol. The Labute approximate surface area is 141 Å². The summed E-state index contributed by atoms with van der Waals surface area (Å²) >= 11 is 0. The fourth-order valence-corrected chi connectivity index (χ4v) is 3.32.